The molecule has 0 radical (unpaired) electrons. The van der Waals surface area contributed by atoms with Gasteiger partial charge >= 0.3 is 0 Å². The van der Waals surface area contributed by atoms with Crippen LogP contribution in [-0.4, -0.2) is 12.5 Å². The van der Waals surface area contributed by atoms with Crippen LogP contribution in [0.3, 0.4) is 0 Å². The van der Waals surface area contributed by atoms with Crippen molar-refractivity contribution < 1.29 is 4.74 Å². The number of rotatable bonds is 6. The Hall–Kier alpha value is -0.790. The van der Waals surface area contributed by atoms with Crippen molar-refractivity contribution in [3.63, 3.8) is 0 Å². The Kier molecular flexibility index (Phi) is 5.93. The highest BCUT2D eigenvalue weighted by Gasteiger charge is 2.19. The van der Waals surface area contributed by atoms with E-state index in [1.165, 1.54) is 24.0 Å². The van der Waals surface area contributed by atoms with Crippen LogP contribution >= 0.6 is 11.6 Å². The normalized spacial score (nSPS) is 23.3. The molecule has 1 nitrogen and oxygen atoms in total. The average molecular weight is 279 g/mol. The zero-order valence-electron chi connectivity index (χ0n) is 11.6. The minimum atomic E-state index is 0.403. The van der Waals surface area contributed by atoms with Gasteiger partial charge in [-0.05, 0) is 49.1 Å². The highest BCUT2D eigenvalue weighted by Crippen LogP contribution is 2.30. The maximum absolute atomic E-state index is 6.12. The van der Waals surface area contributed by atoms with E-state index in [4.69, 9.17) is 16.3 Å². The monoisotopic (exact) mass is 278 g/mol. The third kappa shape index (κ3) is 5.00. The van der Waals surface area contributed by atoms with E-state index in [-0.39, 0.29) is 0 Å². The van der Waals surface area contributed by atoms with Crippen LogP contribution in [0.25, 0.3) is 0 Å². The van der Waals surface area contributed by atoms with Crippen molar-refractivity contribution in [1.82, 2.24) is 0 Å². The van der Waals surface area contributed by atoms with E-state index in [2.05, 4.69) is 36.4 Å². The predicted octanol–water partition coefficient (Wildman–Crippen LogP) is 4.73. The number of allylic oxidation sites excluding steroid dienone is 2. The van der Waals surface area contributed by atoms with Crippen molar-refractivity contribution in [2.24, 2.45) is 5.92 Å². The molecule has 2 atom stereocenters. The minimum Gasteiger partial charge on any atom is -0.380 e. The first-order valence-corrected chi connectivity index (χ1v) is 7.59. The molecule has 0 N–H and O–H groups in total. The summed E-state index contributed by atoms with van der Waals surface area (Å²) in [6.07, 6.45) is 10.5. The molecule has 0 spiro atoms. The molecule has 0 aromatic heterocycles. The summed E-state index contributed by atoms with van der Waals surface area (Å²) in [6.45, 7) is 0.697. The lowest BCUT2D eigenvalue weighted by Crippen LogP contribution is -1.92. The first-order valence-electron chi connectivity index (χ1n) is 7.15. The van der Waals surface area contributed by atoms with E-state index in [9.17, 15) is 0 Å². The highest BCUT2D eigenvalue weighted by atomic mass is 35.5. The standard InChI is InChI=1S/C17H23ClO/c1-19-13-16-8-4-7-14(11-16)5-2-3-6-15-9-10-17(18)12-15/h3-4,6-8,11,15,17H,2,5,9-10,12-13H2,1H3/b6-3+/t15-,17+/m0/s1. The van der Waals surface area contributed by atoms with Gasteiger partial charge in [0.05, 0.1) is 6.61 Å². The van der Waals surface area contributed by atoms with Crippen LogP contribution in [0, 0.1) is 5.92 Å². The Morgan fingerprint density at radius 1 is 1.32 bits per heavy atom. The van der Waals surface area contributed by atoms with Gasteiger partial charge in [0.15, 0.2) is 0 Å². The number of aryl methyl sites for hydroxylation is 1. The second-order valence-corrected chi connectivity index (χ2v) is 6.01. The first kappa shape index (κ1) is 14.6. The number of ether oxygens (including phenoxy) is 1. The van der Waals surface area contributed by atoms with E-state index in [1.54, 1.807) is 7.11 Å². The zero-order chi connectivity index (χ0) is 13.5. The lowest BCUT2D eigenvalue weighted by molar-refractivity contribution is 0.185. The molecule has 0 amide bonds. The molecule has 2 rings (SSSR count). The Morgan fingerprint density at radius 3 is 2.89 bits per heavy atom. The fourth-order valence-electron chi connectivity index (χ4n) is 2.71. The smallest absolute Gasteiger partial charge is 0.0713 e. The summed E-state index contributed by atoms with van der Waals surface area (Å²) in [6, 6.07) is 8.66. The van der Waals surface area contributed by atoms with Gasteiger partial charge in [-0.15, -0.1) is 11.6 Å². The lowest BCUT2D eigenvalue weighted by atomic mass is 10.0. The second-order valence-electron chi connectivity index (χ2n) is 5.39. The second kappa shape index (κ2) is 7.72. The van der Waals surface area contributed by atoms with E-state index >= 15 is 0 Å². The van der Waals surface area contributed by atoms with Gasteiger partial charge in [0.2, 0.25) is 0 Å². The van der Waals surface area contributed by atoms with Gasteiger partial charge in [0, 0.05) is 12.5 Å². The molecule has 1 aromatic rings. The maximum Gasteiger partial charge on any atom is 0.0713 e. The van der Waals surface area contributed by atoms with E-state index in [0.29, 0.717) is 17.9 Å². The van der Waals surface area contributed by atoms with Crippen molar-refractivity contribution in [3.05, 3.63) is 47.5 Å². The summed E-state index contributed by atoms with van der Waals surface area (Å²) < 4.78 is 5.16. The molecular weight excluding hydrogens is 256 g/mol. The summed E-state index contributed by atoms with van der Waals surface area (Å²) in [7, 11) is 1.74. The number of hydrogen-bond acceptors (Lipinski definition) is 1. The molecule has 1 fully saturated rings. The molecule has 19 heavy (non-hydrogen) atoms. The number of hydrogen-bond donors (Lipinski definition) is 0. The SMILES string of the molecule is COCc1cccc(CC/C=C/[C@H]2CC[C@@H](Cl)C2)c1. The van der Waals surface area contributed by atoms with Gasteiger partial charge in [-0.25, -0.2) is 0 Å². The molecule has 0 saturated heterocycles. The molecule has 0 bridgehead atoms. The number of halogens is 1. The van der Waals surface area contributed by atoms with E-state index < -0.39 is 0 Å². The van der Waals surface area contributed by atoms with Gasteiger partial charge in [-0.2, -0.15) is 0 Å². The van der Waals surface area contributed by atoms with Crippen LogP contribution in [0.5, 0.6) is 0 Å². The van der Waals surface area contributed by atoms with Crippen LogP contribution < -0.4 is 0 Å². The Morgan fingerprint density at radius 2 is 2.16 bits per heavy atom. The van der Waals surface area contributed by atoms with Crippen molar-refractivity contribution in [2.45, 2.75) is 44.1 Å². The lowest BCUT2D eigenvalue weighted by Gasteiger charge is -2.04. The number of methoxy groups -OCH3 is 1. The number of benzene rings is 1. The van der Waals surface area contributed by atoms with Gasteiger partial charge < -0.3 is 4.74 Å². The predicted molar refractivity (Wildman–Crippen MR) is 81.6 cm³/mol. The van der Waals surface area contributed by atoms with Crippen molar-refractivity contribution >= 4 is 11.6 Å². The van der Waals surface area contributed by atoms with Crippen molar-refractivity contribution in [3.8, 4) is 0 Å². The molecule has 1 aromatic carbocycles. The third-order valence-electron chi connectivity index (χ3n) is 3.72. The maximum atomic E-state index is 6.12. The topological polar surface area (TPSA) is 9.23 Å². The molecule has 0 aliphatic heterocycles. The van der Waals surface area contributed by atoms with Gasteiger partial charge in [-0.1, -0.05) is 36.4 Å². The Bertz CT molecular complexity index is 413. The molecule has 1 aliphatic carbocycles. The highest BCUT2D eigenvalue weighted by molar-refractivity contribution is 6.20. The fourth-order valence-corrected chi connectivity index (χ4v) is 3.07. The molecule has 1 aliphatic rings. The van der Waals surface area contributed by atoms with Crippen LogP contribution in [0.4, 0.5) is 0 Å². The van der Waals surface area contributed by atoms with E-state index in [1.807, 2.05) is 0 Å². The Balaban J connectivity index is 1.75. The van der Waals surface area contributed by atoms with E-state index in [0.717, 1.165) is 19.3 Å². The van der Waals surface area contributed by atoms with Crippen LogP contribution in [0.2, 0.25) is 0 Å². The summed E-state index contributed by atoms with van der Waals surface area (Å²) in [5.41, 5.74) is 2.64. The molecule has 1 saturated carbocycles. The van der Waals surface area contributed by atoms with Gasteiger partial charge in [-0.3, -0.25) is 0 Å². The Labute approximate surface area is 121 Å². The molecule has 2 heteroatoms. The van der Waals surface area contributed by atoms with Crippen LogP contribution in [-0.2, 0) is 17.8 Å². The van der Waals surface area contributed by atoms with Crippen LogP contribution in [0.15, 0.2) is 36.4 Å². The quantitative estimate of drug-likeness (QED) is 0.540. The largest absolute Gasteiger partial charge is 0.380 e. The third-order valence-corrected chi connectivity index (χ3v) is 4.12. The molecular formula is C17H23ClO. The summed E-state index contributed by atoms with van der Waals surface area (Å²) in [5, 5.41) is 0.403. The molecule has 0 unspecified atom stereocenters. The molecule has 104 valence electrons. The minimum absolute atomic E-state index is 0.403. The van der Waals surface area contributed by atoms with Crippen molar-refractivity contribution in [2.75, 3.05) is 7.11 Å². The van der Waals surface area contributed by atoms with Crippen molar-refractivity contribution in [1.29, 1.82) is 0 Å². The fraction of sp³-hybridized carbons (Fsp3) is 0.529. The van der Waals surface area contributed by atoms with Gasteiger partial charge in [0.1, 0.15) is 0 Å². The average Bonchev–Trinajstić information content (AvgIpc) is 2.82. The van der Waals surface area contributed by atoms with Gasteiger partial charge in [0.25, 0.3) is 0 Å². The number of alkyl halides is 1. The van der Waals surface area contributed by atoms with Crippen LogP contribution in [0.1, 0.15) is 36.8 Å². The summed E-state index contributed by atoms with van der Waals surface area (Å²) in [5.74, 6) is 0.710. The summed E-state index contributed by atoms with van der Waals surface area (Å²) >= 11 is 6.12. The zero-order valence-corrected chi connectivity index (χ0v) is 12.4. The molecule has 0 heterocycles. The first-order chi connectivity index (χ1) is 9.28. The summed E-state index contributed by atoms with van der Waals surface area (Å²) in [4.78, 5) is 0.